The van der Waals surface area contributed by atoms with Crippen molar-refractivity contribution in [2.45, 2.75) is 4.90 Å². The minimum absolute atomic E-state index is 0.0573. The van der Waals surface area contributed by atoms with E-state index < -0.39 is 14.7 Å². The van der Waals surface area contributed by atoms with Gasteiger partial charge >= 0.3 is 5.63 Å². The van der Waals surface area contributed by atoms with E-state index in [0.29, 0.717) is 11.3 Å². The smallest absolute Gasteiger partial charge is 0.336 e. The molecule has 0 saturated heterocycles. The van der Waals surface area contributed by atoms with Crippen molar-refractivity contribution >= 4 is 19.7 Å². The van der Waals surface area contributed by atoms with E-state index >= 15 is 0 Å². The molecule has 90 valence electrons. The van der Waals surface area contributed by atoms with E-state index in [4.69, 9.17) is 15.2 Å². The van der Waals surface area contributed by atoms with Crippen molar-refractivity contribution in [3.63, 3.8) is 0 Å². The van der Waals surface area contributed by atoms with Crippen LogP contribution in [0.4, 0.5) is 0 Å². The molecule has 0 unspecified atom stereocenters. The van der Waals surface area contributed by atoms with Gasteiger partial charge < -0.3 is 4.52 Å². The summed E-state index contributed by atoms with van der Waals surface area (Å²) >= 11 is 0. The lowest BCUT2D eigenvalue weighted by Crippen LogP contribution is -1.97. The number of aromatic nitrogens is 1. The summed E-state index contributed by atoms with van der Waals surface area (Å²) < 4.78 is 28.7. The highest BCUT2D eigenvalue weighted by Crippen LogP contribution is 2.28. The lowest BCUT2D eigenvalue weighted by molar-refractivity contribution is 0.289. The van der Waals surface area contributed by atoms with E-state index in [1.165, 1.54) is 23.9 Å². The summed E-state index contributed by atoms with van der Waals surface area (Å²) in [7, 11) is 2.96. The first kappa shape index (κ1) is 11.9. The topological polar surface area (TPSA) is 69.3 Å². The maximum absolute atomic E-state index is 11.4. The summed E-state index contributed by atoms with van der Waals surface area (Å²) in [5, 5.41) is 0. The fraction of sp³-hybridized carbons (Fsp3) is 0.100. The molecule has 1 aromatic carbocycles. The van der Waals surface area contributed by atoms with Crippen LogP contribution < -0.4 is 5.63 Å². The average Bonchev–Trinajstić information content (AvgIpc) is 2.56. The molecule has 1 heterocycles. The third-order valence-electron chi connectivity index (χ3n) is 2.25. The Hall–Kier alpha value is -1.53. The van der Waals surface area contributed by atoms with Gasteiger partial charge in [0.05, 0.1) is 16.7 Å². The summed E-state index contributed by atoms with van der Waals surface area (Å²) in [5.74, 6) is 0. The molecule has 0 bridgehead atoms. The van der Waals surface area contributed by atoms with E-state index in [1.54, 1.807) is 18.2 Å². The molecule has 0 saturated carbocycles. The van der Waals surface area contributed by atoms with Crippen LogP contribution in [0.5, 0.6) is 0 Å². The molecule has 0 atom stereocenters. The van der Waals surface area contributed by atoms with Gasteiger partial charge in [-0.25, -0.2) is 18.0 Å². The number of hydrogen-bond donors (Lipinski definition) is 0. The predicted octanol–water partition coefficient (Wildman–Crippen LogP) is 1.57. The van der Waals surface area contributed by atoms with Gasteiger partial charge in [-0.1, -0.05) is 18.2 Å². The average molecular weight is 274 g/mol. The first-order valence-electron chi connectivity index (χ1n) is 4.61. The van der Waals surface area contributed by atoms with Crippen molar-refractivity contribution in [2.24, 2.45) is 7.05 Å². The Morgan fingerprint density at radius 3 is 2.47 bits per heavy atom. The second-order valence-electron chi connectivity index (χ2n) is 3.37. The lowest BCUT2D eigenvalue weighted by Gasteiger charge is -2.05. The van der Waals surface area contributed by atoms with Crippen LogP contribution >= 0.6 is 10.7 Å². The normalized spacial score (nSPS) is 11.6. The first-order chi connectivity index (χ1) is 7.89. The standard InChI is InChI=1S/C10H8ClNO4S/c1-12-8(6-10(13)16-12)7-4-2-3-5-9(7)17(11,14)15/h2-6H,1H3. The molecule has 7 heteroatoms. The van der Waals surface area contributed by atoms with Crippen molar-refractivity contribution in [3.8, 4) is 11.3 Å². The number of hydrogen-bond acceptors (Lipinski definition) is 4. The Labute approximate surface area is 102 Å². The van der Waals surface area contributed by atoms with Gasteiger partial charge in [0, 0.05) is 23.3 Å². The number of aryl methyl sites for hydroxylation is 1. The van der Waals surface area contributed by atoms with E-state index in [1.807, 2.05) is 0 Å². The molecule has 17 heavy (non-hydrogen) atoms. The fourth-order valence-corrected chi connectivity index (χ4v) is 2.63. The van der Waals surface area contributed by atoms with Gasteiger partial charge in [-0.15, -0.1) is 0 Å². The molecule has 0 fully saturated rings. The van der Waals surface area contributed by atoms with Crippen LogP contribution in [-0.4, -0.2) is 13.2 Å². The van der Waals surface area contributed by atoms with Crippen molar-refractivity contribution in [2.75, 3.05) is 0 Å². The Morgan fingerprint density at radius 1 is 1.29 bits per heavy atom. The summed E-state index contributed by atoms with van der Waals surface area (Å²) in [6, 6.07) is 7.34. The van der Waals surface area contributed by atoms with E-state index in [-0.39, 0.29) is 4.90 Å². The SMILES string of the molecule is Cn1oc(=O)cc1-c1ccccc1S(=O)(=O)Cl. The molecule has 0 radical (unpaired) electrons. The maximum atomic E-state index is 11.4. The van der Waals surface area contributed by atoms with Crippen LogP contribution in [0.1, 0.15) is 0 Å². The van der Waals surface area contributed by atoms with E-state index in [2.05, 4.69) is 0 Å². The molecule has 2 aromatic rings. The Morgan fingerprint density at radius 2 is 1.94 bits per heavy atom. The van der Waals surface area contributed by atoms with Crippen LogP contribution in [0.25, 0.3) is 11.3 Å². The fourth-order valence-electron chi connectivity index (χ4n) is 1.55. The third-order valence-corrected chi connectivity index (χ3v) is 3.63. The van der Waals surface area contributed by atoms with E-state index in [9.17, 15) is 13.2 Å². The van der Waals surface area contributed by atoms with Crippen LogP contribution in [0.2, 0.25) is 0 Å². The Kier molecular flexibility index (Phi) is 2.84. The largest absolute Gasteiger partial charge is 0.358 e. The summed E-state index contributed by atoms with van der Waals surface area (Å²) in [6.07, 6.45) is 0. The number of benzene rings is 1. The summed E-state index contributed by atoms with van der Waals surface area (Å²) in [4.78, 5) is 11.0. The van der Waals surface area contributed by atoms with Gasteiger partial charge in [-0.3, -0.25) is 0 Å². The second-order valence-corrected chi connectivity index (χ2v) is 5.91. The molecule has 1 aromatic heterocycles. The highest BCUT2D eigenvalue weighted by molar-refractivity contribution is 8.13. The molecule has 0 aliphatic heterocycles. The minimum atomic E-state index is -3.87. The van der Waals surface area contributed by atoms with Crippen LogP contribution in [0, 0.1) is 0 Å². The molecule has 0 amide bonds. The highest BCUT2D eigenvalue weighted by atomic mass is 35.7. The van der Waals surface area contributed by atoms with Crippen molar-refractivity contribution < 1.29 is 12.9 Å². The molecule has 0 aliphatic rings. The van der Waals surface area contributed by atoms with E-state index in [0.717, 1.165) is 0 Å². The van der Waals surface area contributed by atoms with Gasteiger partial charge in [0.1, 0.15) is 0 Å². The lowest BCUT2D eigenvalue weighted by atomic mass is 10.1. The number of rotatable bonds is 2. The highest BCUT2D eigenvalue weighted by Gasteiger charge is 2.18. The zero-order valence-corrected chi connectivity index (χ0v) is 10.3. The first-order valence-corrected chi connectivity index (χ1v) is 6.92. The predicted molar refractivity (Wildman–Crippen MR) is 62.4 cm³/mol. The van der Waals surface area contributed by atoms with Crippen molar-refractivity contribution in [3.05, 3.63) is 40.8 Å². The second kappa shape index (κ2) is 4.05. The van der Waals surface area contributed by atoms with Crippen LogP contribution in [0.3, 0.4) is 0 Å². The van der Waals surface area contributed by atoms with Crippen molar-refractivity contribution in [1.82, 2.24) is 4.74 Å². The zero-order valence-electron chi connectivity index (χ0n) is 8.75. The quantitative estimate of drug-likeness (QED) is 0.779. The zero-order chi connectivity index (χ0) is 12.6. The van der Waals surface area contributed by atoms with Crippen LogP contribution in [0.15, 0.2) is 44.5 Å². The van der Waals surface area contributed by atoms with Crippen LogP contribution in [-0.2, 0) is 16.1 Å². The number of halogens is 1. The minimum Gasteiger partial charge on any atom is -0.336 e. The summed E-state index contributed by atoms with van der Waals surface area (Å²) in [5.41, 5.74) is 0.134. The molecular formula is C10H8ClNO4S. The van der Waals surface area contributed by atoms with Gasteiger partial charge in [0.2, 0.25) is 0 Å². The maximum Gasteiger partial charge on any atom is 0.358 e. The Bertz CT molecular complexity index is 714. The van der Waals surface area contributed by atoms with Gasteiger partial charge in [-0.2, -0.15) is 0 Å². The number of nitrogens with zero attached hydrogens (tertiary/aromatic N) is 1. The molecule has 0 spiro atoms. The van der Waals surface area contributed by atoms with Gasteiger partial charge in [-0.05, 0) is 6.07 Å². The molecule has 0 N–H and O–H groups in total. The van der Waals surface area contributed by atoms with Gasteiger partial charge in [0.25, 0.3) is 9.05 Å². The Balaban J connectivity index is 2.77. The summed E-state index contributed by atoms with van der Waals surface area (Å²) in [6.45, 7) is 0. The molecule has 5 nitrogen and oxygen atoms in total. The third kappa shape index (κ3) is 2.27. The molecule has 0 aliphatic carbocycles. The monoisotopic (exact) mass is 273 g/mol. The van der Waals surface area contributed by atoms with Crippen molar-refractivity contribution in [1.29, 1.82) is 0 Å². The molecule has 2 rings (SSSR count). The van der Waals surface area contributed by atoms with Gasteiger partial charge in [0.15, 0.2) is 0 Å². The molecular weight excluding hydrogens is 266 g/mol.